The molecule has 146 valence electrons. The maximum absolute atomic E-state index is 12.1. The van der Waals surface area contributed by atoms with Crippen LogP contribution in [0.1, 0.15) is 20.3 Å². The number of hydrogen-bond acceptors (Lipinski definition) is 4. The fourth-order valence-electron chi connectivity index (χ4n) is 2.50. The van der Waals surface area contributed by atoms with Gasteiger partial charge in [-0.1, -0.05) is 50.2 Å². The second-order valence-electron chi connectivity index (χ2n) is 6.63. The van der Waals surface area contributed by atoms with Crippen LogP contribution in [0, 0.1) is 5.92 Å². The Labute approximate surface area is 161 Å². The van der Waals surface area contributed by atoms with Crippen LogP contribution in [0.15, 0.2) is 65.6 Å². The van der Waals surface area contributed by atoms with Gasteiger partial charge in [0.1, 0.15) is 0 Å². The zero-order valence-corrected chi connectivity index (χ0v) is 16.5. The van der Waals surface area contributed by atoms with Crippen molar-refractivity contribution in [1.82, 2.24) is 10.0 Å². The quantitative estimate of drug-likeness (QED) is 0.583. The second kappa shape index (κ2) is 10.1. The minimum atomic E-state index is -3.58. The van der Waals surface area contributed by atoms with Crippen LogP contribution in [0.25, 0.3) is 0 Å². The van der Waals surface area contributed by atoms with E-state index in [1.165, 1.54) is 12.1 Å². The van der Waals surface area contributed by atoms with Gasteiger partial charge in [-0.05, 0) is 30.2 Å². The van der Waals surface area contributed by atoms with Gasteiger partial charge < -0.3 is 10.6 Å². The lowest BCUT2D eigenvalue weighted by atomic mass is 10.0. The number of benzene rings is 2. The number of hydrogen-bond donors (Lipinski definition) is 3. The lowest BCUT2D eigenvalue weighted by molar-refractivity contribution is -0.121. The summed E-state index contributed by atoms with van der Waals surface area (Å²) in [5.74, 6) is 0.133. The van der Waals surface area contributed by atoms with Gasteiger partial charge in [-0.25, -0.2) is 13.1 Å². The van der Waals surface area contributed by atoms with E-state index in [1.807, 2.05) is 30.3 Å². The third kappa shape index (κ3) is 7.03. The molecule has 0 spiro atoms. The second-order valence-corrected chi connectivity index (χ2v) is 8.39. The molecule has 0 fully saturated rings. The van der Waals surface area contributed by atoms with Gasteiger partial charge in [0.15, 0.2) is 0 Å². The molecule has 2 rings (SSSR count). The number of sulfonamides is 1. The lowest BCUT2D eigenvalue weighted by Crippen LogP contribution is -2.40. The topological polar surface area (TPSA) is 87.3 Å². The highest BCUT2D eigenvalue weighted by Gasteiger charge is 2.16. The third-order valence-electron chi connectivity index (χ3n) is 4.15. The molecular weight excluding hydrogens is 362 g/mol. The Morgan fingerprint density at radius 3 is 2.15 bits per heavy atom. The van der Waals surface area contributed by atoms with Crippen molar-refractivity contribution in [1.29, 1.82) is 0 Å². The highest BCUT2D eigenvalue weighted by Crippen LogP contribution is 2.12. The van der Waals surface area contributed by atoms with Gasteiger partial charge in [0.25, 0.3) is 0 Å². The Morgan fingerprint density at radius 2 is 1.56 bits per heavy atom. The first-order valence-electron chi connectivity index (χ1n) is 9.01. The summed E-state index contributed by atoms with van der Waals surface area (Å²) in [6, 6.07) is 18.0. The van der Waals surface area contributed by atoms with E-state index in [9.17, 15) is 13.2 Å². The minimum absolute atomic E-state index is 0.0571. The SMILES string of the molecule is CC(C)C(CNC(=O)CCNS(=O)(=O)c1ccccc1)Nc1ccccc1. The molecule has 0 aliphatic carbocycles. The summed E-state index contributed by atoms with van der Waals surface area (Å²) < 4.78 is 26.7. The molecule has 1 atom stereocenters. The van der Waals surface area contributed by atoms with Gasteiger partial charge in [0.2, 0.25) is 15.9 Å². The van der Waals surface area contributed by atoms with Crippen LogP contribution in [0.4, 0.5) is 5.69 Å². The van der Waals surface area contributed by atoms with Crippen LogP contribution >= 0.6 is 0 Å². The highest BCUT2D eigenvalue weighted by molar-refractivity contribution is 7.89. The summed E-state index contributed by atoms with van der Waals surface area (Å²) in [5, 5.41) is 6.28. The fraction of sp³-hybridized carbons (Fsp3) is 0.350. The summed E-state index contributed by atoms with van der Waals surface area (Å²) in [5.41, 5.74) is 1.00. The molecule has 0 heterocycles. The Bertz CT molecular complexity index is 809. The minimum Gasteiger partial charge on any atom is -0.380 e. The number of nitrogens with one attached hydrogen (secondary N) is 3. The van der Waals surface area contributed by atoms with Crippen molar-refractivity contribution in [3.05, 3.63) is 60.7 Å². The Morgan fingerprint density at radius 1 is 0.963 bits per heavy atom. The molecule has 0 aromatic heterocycles. The molecule has 0 aliphatic heterocycles. The molecule has 7 heteroatoms. The molecule has 0 bridgehead atoms. The molecule has 27 heavy (non-hydrogen) atoms. The van der Waals surface area contributed by atoms with Crippen LogP contribution < -0.4 is 15.4 Å². The highest BCUT2D eigenvalue weighted by atomic mass is 32.2. The largest absolute Gasteiger partial charge is 0.380 e. The molecule has 0 aliphatic rings. The normalized spacial score (nSPS) is 12.6. The standard InChI is InChI=1S/C20H27N3O3S/c1-16(2)19(23-17-9-5-3-6-10-17)15-21-20(24)13-14-22-27(25,26)18-11-7-4-8-12-18/h3-12,16,19,22-23H,13-15H2,1-2H3,(H,21,24). The van der Waals surface area contributed by atoms with E-state index in [-0.39, 0.29) is 29.8 Å². The van der Waals surface area contributed by atoms with E-state index >= 15 is 0 Å². The van der Waals surface area contributed by atoms with E-state index in [1.54, 1.807) is 18.2 Å². The summed E-state index contributed by atoms with van der Waals surface area (Å²) in [6.45, 7) is 4.69. The van der Waals surface area contributed by atoms with Crippen LogP contribution in [0.2, 0.25) is 0 Å². The first-order chi connectivity index (χ1) is 12.9. The van der Waals surface area contributed by atoms with E-state index in [2.05, 4.69) is 29.2 Å². The number of anilines is 1. The van der Waals surface area contributed by atoms with Gasteiger partial charge in [-0.3, -0.25) is 4.79 Å². The van der Waals surface area contributed by atoms with Gasteiger partial charge >= 0.3 is 0 Å². The van der Waals surface area contributed by atoms with Crippen LogP contribution in [0.3, 0.4) is 0 Å². The molecule has 6 nitrogen and oxygen atoms in total. The van der Waals surface area contributed by atoms with Gasteiger partial charge in [0.05, 0.1) is 4.90 Å². The maximum atomic E-state index is 12.1. The van der Waals surface area contributed by atoms with Gasteiger partial charge in [-0.15, -0.1) is 0 Å². The lowest BCUT2D eigenvalue weighted by Gasteiger charge is -2.24. The van der Waals surface area contributed by atoms with Gasteiger partial charge in [-0.2, -0.15) is 0 Å². The van der Waals surface area contributed by atoms with E-state index < -0.39 is 10.0 Å². The molecule has 0 saturated heterocycles. The predicted octanol–water partition coefficient (Wildman–Crippen LogP) is 2.61. The average Bonchev–Trinajstić information content (AvgIpc) is 2.66. The number of carbonyl (C=O) groups is 1. The van der Waals surface area contributed by atoms with Crippen molar-refractivity contribution >= 4 is 21.6 Å². The summed E-state index contributed by atoms with van der Waals surface area (Å²) in [6.07, 6.45) is 0.0855. The molecule has 2 aromatic carbocycles. The number of amides is 1. The number of carbonyl (C=O) groups excluding carboxylic acids is 1. The Kier molecular flexibility index (Phi) is 7.82. The van der Waals surface area contributed by atoms with E-state index in [0.717, 1.165) is 5.69 Å². The first-order valence-corrected chi connectivity index (χ1v) is 10.5. The van der Waals surface area contributed by atoms with E-state index in [0.29, 0.717) is 12.5 Å². The van der Waals surface area contributed by atoms with Crippen molar-refractivity contribution in [2.75, 3.05) is 18.4 Å². The van der Waals surface area contributed by atoms with E-state index in [4.69, 9.17) is 0 Å². The van der Waals surface area contributed by atoms with Gasteiger partial charge in [0, 0.05) is 31.2 Å². The zero-order chi connectivity index (χ0) is 19.7. The number of para-hydroxylation sites is 1. The van der Waals surface area contributed by atoms with Crippen LogP contribution in [-0.2, 0) is 14.8 Å². The maximum Gasteiger partial charge on any atom is 0.240 e. The molecular formula is C20H27N3O3S. The zero-order valence-electron chi connectivity index (χ0n) is 15.7. The van der Waals surface area contributed by atoms with Crippen molar-refractivity contribution < 1.29 is 13.2 Å². The first kappa shape index (κ1) is 20.9. The van der Waals surface area contributed by atoms with Crippen LogP contribution in [0.5, 0.6) is 0 Å². The molecule has 1 amide bonds. The summed E-state index contributed by atoms with van der Waals surface area (Å²) in [4.78, 5) is 12.3. The summed E-state index contributed by atoms with van der Waals surface area (Å²) in [7, 11) is -3.58. The molecule has 1 unspecified atom stereocenters. The fourth-order valence-corrected chi connectivity index (χ4v) is 3.55. The van der Waals surface area contributed by atoms with Crippen molar-refractivity contribution in [2.45, 2.75) is 31.2 Å². The average molecular weight is 390 g/mol. The Hall–Kier alpha value is -2.38. The summed E-state index contributed by atoms with van der Waals surface area (Å²) >= 11 is 0. The smallest absolute Gasteiger partial charge is 0.240 e. The molecule has 0 radical (unpaired) electrons. The molecule has 3 N–H and O–H groups in total. The Balaban J connectivity index is 1.77. The molecule has 2 aromatic rings. The van der Waals surface area contributed by atoms with Crippen molar-refractivity contribution in [3.63, 3.8) is 0 Å². The third-order valence-corrected chi connectivity index (χ3v) is 5.62. The van der Waals surface area contributed by atoms with Crippen molar-refractivity contribution in [3.8, 4) is 0 Å². The number of rotatable bonds is 10. The van der Waals surface area contributed by atoms with Crippen molar-refractivity contribution in [2.24, 2.45) is 5.92 Å². The monoisotopic (exact) mass is 389 g/mol. The predicted molar refractivity (Wildman–Crippen MR) is 108 cm³/mol. The van der Waals surface area contributed by atoms with Crippen LogP contribution in [-0.4, -0.2) is 33.5 Å². The molecule has 0 saturated carbocycles.